The zero-order valence-electron chi connectivity index (χ0n) is 12.1. The Bertz CT molecular complexity index is 527. The fraction of sp³-hybridized carbons (Fsp3) is 0.562. The lowest BCUT2D eigenvalue weighted by atomic mass is 9.86. The summed E-state index contributed by atoms with van der Waals surface area (Å²) in [7, 11) is 3.32. The second-order valence-corrected chi connectivity index (χ2v) is 5.50. The number of rotatable bonds is 3. The first-order chi connectivity index (χ1) is 9.74. The summed E-state index contributed by atoms with van der Waals surface area (Å²) in [5.74, 6) is 1.82. The Kier molecular flexibility index (Phi) is 3.55. The highest BCUT2D eigenvalue weighted by molar-refractivity contribution is 5.78. The molecule has 2 aliphatic rings. The van der Waals surface area contributed by atoms with E-state index in [1.807, 2.05) is 4.90 Å². The molecular weight excluding hydrogens is 254 g/mol. The molecule has 1 fully saturated rings. The minimum Gasteiger partial charge on any atom is -0.493 e. The molecule has 20 heavy (non-hydrogen) atoms. The normalized spacial score (nSPS) is 21.8. The van der Waals surface area contributed by atoms with Gasteiger partial charge >= 0.3 is 0 Å². The fourth-order valence-electron chi connectivity index (χ4n) is 3.43. The molecule has 1 aromatic rings. The number of nitrogens with zero attached hydrogens (tertiary/aromatic N) is 1. The van der Waals surface area contributed by atoms with Crippen LogP contribution in [0.4, 0.5) is 0 Å². The number of amides is 1. The van der Waals surface area contributed by atoms with E-state index in [0.29, 0.717) is 6.42 Å². The summed E-state index contributed by atoms with van der Waals surface area (Å²) in [5.41, 5.74) is 2.53. The van der Waals surface area contributed by atoms with Crippen molar-refractivity contribution in [1.82, 2.24) is 4.90 Å². The fourth-order valence-corrected chi connectivity index (χ4v) is 3.43. The van der Waals surface area contributed by atoms with Gasteiger partial charge < -0.3 is 14.4 Å². The van der Waals surface area contributed by atoms with Gasteiger partial charge in [-0.3, -0.25) is 4.79 Å². The molecule has 0 N–H and O–H groups in total. The van der Waals surface area contributed by atoms with E-state index in [4.69, 9.17) is 9.47 Å². The van der Waals surface area contributed by atoms with E-state index in [0.717, 1.165) is 43.7 Å². The number of carbonyl (C=O) groups is 1. The molecule has 0 aromatic heterocycles. The smallest absolute Gasteiger partial charge is 0.223 e. The Morgan fingerprint density at radius 2 is 1.85 bits per heavy atom. The van der Waals surface area contributed by atoms with Crippen molar-refractivity contribution in [3.63, 3.8) is 0 Å². The summed E-state index contributed by atoms with van der Waals surface area (Å²) in [6.45, 7) is 0.886. The first-order valence-corrected chi connectivity index (χ1v) is 7.29. The van der Waals surface area contributed by atoms with E-state index in [1.165, 1.54) is 11.1 Å². The molecule has 0 radical (unpaired) electrons. The molecule has 1 aromatic carbocycles. The van der Waals surface area contributed by atoms with E-state index >= 15 is 0 Å². The molecule has 1 aliphatic heterocycles. The first-order valence-electron chi connectivity index (χ1n) is 7.29. The van der Waals surface area contributed by atoms with Crippen LogP contribution in [0.15, 0.2) is 12.1 Å². The van der Waals surface area contributed by atoms with Crippen molar-refractivity contribution in [3.8, 4) is 11.5 Å². The minimum atomic E-state index is 0.216. The van der Waals surface area contributed by atoms with E-state index in [1.54, 1.807) is 14.2 Å². The molecular formula is C16H21NO3. The molecule has 1 saturated heterocycles. The molecule has 0 saturated carbocycles. The molecule has 1 aliphatic carbocycles. The number of carbonyl (C=O) groups excluding carboxylic acids is 1. The lowest BCUT2D eigenvalue weighted by Gasteiger charge is -2.33. The Morgan fingerprint density at radius 3 is 2.50 bits per heavy atom. The molecule has 108 valence electrons. The summed E-state index contributed by atoms with van der Waals surface area (Å²) >= 11 is 0. The van der Waals surface area contributed by atoms with Crippen LogP contribution < -0.4 is 9.47 Å². The van der Waals surface area contributed by atoms with Crippen molar-refractivity contribution < 1.29 is 14.3 Å². The highest BCUT2D eigenvalue weighted by atomic mass is 16.5. The van der Waals surface area contributed by atoms with Crippen molar-refractivity contribution in [3.05, 3.63) is 23.3 Å². The number of hydrogen-bond acceptors (Lipinski definition) is 3. The van der Waals surface area contributed by atoms with E-state index < -0.39 is 0 Å². The Morgan fingerprint density at radius 1 is 1.10 bits per heavy atom. The summed E-state index contributed by atoms with van der Waals surface area (Å²) in [6, 6.07) is 4.35. The van der Waals surface area contributed by atoms with E-state index in [2.05, 4.69) is 12.1 Å². The number of benzene rings is 1. The van der Waals surface area contributed by atoms with Crippen LogP contribution in [0.1, 0.15) is 42.9 Å². The SMILES string of the molecule is COc1cc2c(cc1OC)C(N1CCCC1=O)CCC2. The highest BCUT2D eigenvalue weighted by Gasteiger charge is 2.32. The lowest BCUT2D eigenvalue weighted by Crippen LogP contribution is -2.32. The zero-order chi connectivity index (χ0) is 14.1. The summed E-state index contributed by atoms with van der Waals surface area (Å²) in [6.07, 6.45) is 4.90. The highest BCUT2D eigenvalue weighted by Crippen LogP contribution is 2.41. The predicted molar refractivity (Wildman–Crippen MR) is 76.2 cm³/mol. The molecule has 1 amide bonds. The van der Waals surface area contributed by atoms with Gasteiger partial charge in [-0.25, -0.2) is 0 Å². The number of ether oxygens (including phenoxy) is 2. The standard InChI is InChI=1S/C16H21NO3/c1-19-14-9-11-5-3-6-13(12(11)10-15(14)20-2)17-8-4-7-16(17)18/h9-10,13H,3-8H2,1-2H3. The van der Waals surface area contributed by atoms with Gasteiger partial charge in [-0.05, 0) is 48.9 Å². The molecule has 0 bridgehead atoms. The largest absolute Gasteiger partial charge is 0.493 e. The lowest BCUT2D eigenvalue weighted by molar-refractivity contribution is -0.130. The van der Waals surface area contributed by atoms with Crippen LogP contribution in [-0.2, 0) is 11.2 Å². The van der Waals surface area contributed by atoms with Crippen LogP contribution in [-0.4, -0.2) is 31.6 Å². The van der Waals surface area contributed by atoms with Gasteiger partial charge in [0.05, 0.1) is 20.3 Å². The van der Waals surface area contributed by atoms with Crippen LogP contribution in [0.25, 0.3) is 0 Å². The molecule has 1 unspecified atom stereocenters. The van der Waals surface area contributed by atoms with Crippen LogP contribution in [0.5, 0.6) is 11.5 Å². The average Bonchev–Trinajstić information content (AvgIpc) is 2.91. The number of fused-ring (bicyclic) bond motifs is 1. The van der Waals surface area contributed by atoms with Gasteiger partial charge in [0, 0.05) is 13.0 Å². The molecule has 1 heterocycles. The Hall–Kier alpha value is -1.71. The Balaban J connectivity index is 2.01. The van der Waals surface area contributed by atoms with Crippen molar-refractivity contribution in [2.45, 2.75) is 38.1 Å². The second kappa shape index (κ2) is 5.35. The molecule has 4 heteroatoms. The van der Waals surface area contributed by atoms with Gasteiger partial charge in [0.1, 0.15) is 0 Å². The molecule has 1 atom stereocenters. The summed E-state index contributed by atoms with van der Waals surface area (Å²) in [4.78, 5) is 14.1. The maximum atomic E-state index is 12.0. The Labute approximate surface area is 119 Å². The van der Waals surface area contributed by atoms with Gasteiger partial charge in [0.25, 0.3) is 0 Å². The predicted octanol–water partition coefficient (Wildman–Crippen LogP) is 2.70. The van der Waals surface area contributed by atoms with Crippen LogP contribution in [0, 0.1) is 0 Å². The van der Waals surface area contributed by atoms with Gasteiger partial charge in [0.2, 0.25) is 5.91 Å². The van der Waals surface area contributed by atoms with E-state index in [-0.39, 0.29) is 11.9 Å². The third kappa shape index (κ3) is 2.13. The van der Waals surface area contributed by atoms with Crippen LogP contribution in [0.3, 0.4) is 0 Å². The zero-order valence-corrected chi connectivity index (χ0v) is 12.1. The average molecular weight is 275 g/mol. The molecule has 3 rings (SSSR count). The van der Waals surface area contributed by atoms with Crippen LogP contribution >= 0.6 is 0 Å². The number of aryl methyl sites for hydroxylation is 1. The third-order valence-corrected chi connectivity index (χ3v) is 4.41. The maximum absolute atomic E-state index is 12.0. The topological polar surface area (TPSA) is 38.8 Å². The van der Waals surface area contributed by atoms with Gasteiger partial charge in [-0.15, -0.1) is 0 Å². The minimum absolute atomic E-state index is 0.216. The van der Waals surface area contributed by atoms with Crippen molar-refractivity contribution >= 4 is 5.91 Å². The number of likely N-dealkylation sites (tertiary alicyclic amines) is 1. The van der Waals surface area contributed by atoms with Crippen LogP contribution in [0.2, 0.25) is 0 Å². The molecule has 0 spiro atoms. The monoisotopic (exact) mass is 275 g/mol. The first kappa shape index (κ1) is 13.3. The van der Waals surface area contributed by atoms with Crippen molar-refractivity contribution in [1.29, 1.82) is 0 Å². The van der Waals surface area contributed by atoms with E-state index in [9.17, 15) is 4.79 Å². The number of methoxy groups -OCH3 is 2. The number of hydrogen-bond donors (Lipinski definition) is 0. The van der Waals surface area contributed by atoms with Gasteiger partial charge in [0.15, 0.2) is 11.5 Å². The van der Waals surface area contributed by atoms with Crippen molar-refractivity contribution in [2.75, 3.05) is 20.8 Å². The maximum Gasteiger partial charge on any atom is 0.223 e. The van der Waals surface area contributed by atoms with Gasteiger partial charge in [-0.1, -0.05) is 0 Å². The summed E-state index contributed by atoms with van der Waals surface area (Å²) in [5, 5.41) is 0. The quantitative estimate of drug-likeness (QED) is 0.851. The third-order valence-electron chi connectivity index (χ3n) is 4.41. The second-order valence-electron chi connectivity index (χ2n) is 5.50. The summed E-state index contributed by atoms with van der Waals surface area (Å²) < 4.78 is 10.8. The van der Waals surface area contributed by atoms with Crippen molar-refractivity contribution in [2.24, 2.45) is 0 Å². The van der Waals surface area contributed by atoms with Gasteiger partial charge in [-0.2, -0.15) is 0 Å². The molecule has 4 nitrogen and oxygen atoms in total.